The second-order valence-electron chi connectivity index (χ2n) is 7.73. The number of rotatable bonds is 5. The van der Waals surface area contributed by atoms with Gasteiger partial charge < -0.3 is 10.2 Å². The SMILES string of the molecule is CNC(=O)[C@@]1(Cc2ccc(-c3cccs3)cc2)CCCN(C(=O)c2snnc2C)C1. The van der Waals surface area contributed by atoms with Crippen LogP contribution in [0.4, 0.5) is 0 Å². The van der Waals surface area contributed by atoms with E-state index in [1.54, 1.807) is 30.2 Å². The lowest BCUT2D eigenvalue weighted by atomic mass is 9.74. The van der Waals surface area contributed by atoms with Gasteiger partial charge in [-0.05, 0) is 60.3 Å². The van der Waals surface area contributed by atoms with E-state index >= 15 is 0 Å². The monoisotopic (exact) mass is 440 g/mol. The van der Waals surface area contributed by atoms with Gasteiger partial charge >= 0.3 is 0 Å². The molecule has 0 radical (unpaired) electrons. The minimum absolute atomic E-state index is 0.0125. The number of nitrogens with zero attached hydrogens (tertiary/aromatic N) is 3. The molecule has 3 heterocycles. The summed E-state index contributed by atoms with van der Waals surface area (Å²) in [7, 11) is 1.67. The van der Waals surface area contributed by atoms with Crippen LogP contribution in [0.15, 0.2) is 41.8 Å². The molecule has 0 spiro atoms. The highest BCUT2D eigenvalue weighted by molar-refractivity contribution is 7.13. The Bertz CT molecular complexity index is 1030. The first-order valence-corrected chi connectivity index (χ1v) is 11.6. The number of carbonyl (C=O) groups is 2. The minimum Gasteiger partial charge on any atom is -0.359 e. The Hall–Kier alpha value is -2.58. The van der Waals surface area contributed by atoms with Crippen LogP contribution >= 0.6 is 22.9 Å². The van der Waals surface area contributed by atoms with Gasteiger partial charge in [0.25, 0.3) is 5.91 Å². The van der Waals surface area contributed by atoms with E-state index in [-0.39, 0.29) is 11.8 Å². The molecule has 2 amide bonds. The highest BCUT2D eigenvalue weighted by Crippen LogP contribution is 2.36. The van der Waals surface area contributed by atoms with Gasteiger partial charge in [-0.3, -0.25) is 9.59 Å². The molecule has 0 saturated carbocycles. The lowest BCUT2D eigenvalue weighted by molar-refractivity contribution is -0.133. The van der Waals surface area contributed by atoms with E-state index in [0.29, 0.717) is 30.1 Å². The number of nitrogens with one attached hydrogen (secondary N) is 1. The average molecular weight is 441 g/mol. The molecule has 1 fully saturated rings. The van der Waals surface area contributed by atoms with Gasteiger partial charge in [0.05, 0.1) is 11.1 Å². The Balaban J connectivity index is 1.57. The van der Waals surface area contributed by atoms with Crippen LogP contribution in [0, 0.1) is 12.3 Å². The molecule has 3 aromatic rings. The predicted octanol–water partition coefficient (Wildman–Crippen LogP) is 3.79. The van der Waals surface area contributed by atoms with Crippen molar-refractivity contribution in [2.24, 2.45) is 5.41 Å². The summed E-state index contributed by atoms with van der Waals surface area (Å²) in [5.74, 6) is -0.0926. The molecule has 156 valence electrons. The van der Waals surface area contributed by atoms with Crippen LogP contribution in [0.2, 0.25) is 0 Å². The van der Waals surface area contributed by atoms with Gasteiger partial charge in [0.15, 0.2) is 0 Å². The quantitative estimate of drug-likeness (QED) is 0.655. The smallest absolute Gasteiger partial charge is 0.267 e. The van der Waals surface area contributed by atoms with Crippen LogP contribution in [-0.4, -0.2) is 46.4 Å². The molecule has 2 aromatic heterocycles. The summed E-state index contributed by atoms with van der Waals surface area (Å²) in [4.78, 5) is 29.6. The zero-order valence-corrected chi connectivity index (χ0v) is 18.7. The molecule has 1 atom stereocenters. The number of hydrogen-bond donors (Lipinski definition) is 1. The Labute approximate surface area is 184 Å². The van der Waals surface area contributed by atoms with Crippen molar-refractivity contribution in [1.82, 2.24) is 19.8 Å². The van der Waals surface area contributed by atoms with Crippen molar-refractivity contribution in [2.45, 2.75) is 26.2 Å². The maximum atomic E-state index is 13.0. The van der Waals surface area contributed by atoms with Gasteiger partial charge in [0.2, 0.25) is 5.91 Å². The summed E-state index contributed by atoms with van der Waals surface area (Å²) in [5, 5.41) is 8.86. The lowest BCUT2D eigenvalue weighted by Crippen LogP contribution is -2.54. The Morgan fingerprint density at radius 3 is 2.67 bits per heavy atom. The third-order valence-corrected chi connectivity index (χ3v) is 7.46. The molecule has 0 unspecified atom stereocenters. The molecule has 0 aliphatic carbocycles. The van der Waals surface area contributed by atoms with Crippen molar-refractivity contribution in [3.05, 3.63) is 57.9 Å². The zero-order valence-electron chi connectivity index (χ0n) is 17.1. The van der Waals surface area contributed by atoms with Crippen LogP contribution in [-0.2, 0) is 11.2 Å². The van der Waals surface area contributed by atoms with Crippen LogP contribution < -0.4 is 5.32 Å². The fourth-order valence-corrected chi connectivity index (χ4v) is 5.53. The first kappa shape index (κ1) is 20.7. The van der Waals surface area contributed by atoms with Crippen LogP contribution in [0.5, 0.6) is 0 Å². The largest absolute Gasteiger partial charge is 0.359 e. The first-order valence-electron chi connectivity index (χ1n) is 9.96. The van der Waals surface area contributed by atoms with E-state index in [2.05, 4.69) is 50.6 Å². The second-order valence-corrected chi connectivity index (χ2v) is 9.43. The highest BCUT2D eigenvalue weighted by atomic mass is 32.1. The van der Waals surface area contributed by atoms with E-state index in [1.165, 1.54) is 10.4 Å². The second kappa shape index (κ2) is 8.65. The number of carbonyl (C=O) groups excluding carboxylic acids is 2. The molecule has 1 N–H and O–H groups in total. The molecular weight excluding hydrogens is 416 g/mol. The number of aromatic nitrogens is 2. The van der Waals surface area contributed by atoms with Crippen LogP contribution in [0.25, 0.3) is 10.4 Å². The summed E-state index contributed by atoms with van der Waals surface area (Å²) in [6, 6.07) is 12.6. The summed E-state index contributed by atoms with van der Waals surface area (Å²) in [6.45, 7) is 2.84. The number of piperidine rings is 1. The molecule has 1 aliphatic heterocycles. The number of thiophene rings is 1. The fourth-order valence-electron chi connectivity index (χ4n) is 4.17. The highest BCUT2D eigenvalue weighted by Gasteiger charge is 2.43. The zero-order chi connectivity index (χ0) is 21.1. The molecule has 6 nitrogen and oxygen atoms in total. The topological polar surface area (TPSA) is 75.2 Å². The summed E-state index contributed by atoms with van der Waals surface area (Å²) in [6.07, 6.45) is 2.14. The van der Waals surface area contributed by atoms with Gasteiger partial charge in [-0.1, -0.05) is 34.8 Å². The maximum absolute atomic E-state index is 13.0. The summed E-state index contributed by atoms with van der Waals surface area (Å²) in [5.41, 5.74) is 2.28. The van der Waals surface area contributed by atoms with Gasteiger partial charge in [0.1, 0.15) is 4.88 Å². The molecule has 1 aromatic carbocycles. The number of amides is 2. The van der Waals surface area contributed by atoms with Crippen molar-refractivity contribution >= 4 is 34.7 Å². The molecule has 30 heavy (non-hydrogen) atoms. The van der Waals surface area contributed by atoms with E-state index in [9.17, 15) is 9.59 Å². The average Bonchev–Trinajstić information content (AvgIpc) is 3.45. The van der Waals surface area contributed by atoms with E-state index in [0.717, 1.165) is 29.9 Å². The normalized spacial score (nSPS) is 18.9. The van der Waals surface area contributed by atoms with Crippen LogP contribution in [0.3, 0.4) is 0 Å². The van der Waals surface area contributed by atoms with Gasteiger partial charge in [-0.15, -0.1) is 16.4 Å². The molecule has 4 rings (SSSR count). The first-order chi connectivity index (χ1) is 14.5. The Morgan fingerprint density at radius 2 is 2.03 bits per heavy atom. The third kappa shape index (κ3) is 4.02. The van der Waals surface area contributed by atoms with Crippen molar-refractivity contribution in [3.63, 3.8) is 0 Å². The molecule has 8 heteroatoms. The molecular formula is C22H24N4O2S2. The van der Waals surface area contributed by atoms with Gasteiger partial charge in [0, 0.05) is 25.0 Å². The minimum atomic E-state index is -0.640. The van der Waals surface area contributed by atoms with E-state index in [1.807, 2.05) is 6.07 Å². The molecule has 1 aliphatic rings. The van der Waals surface area contributed by atoms with Gasteiger partial charge in [-0.2, -0.15) is 0 Å². The van der Waals surface area contributed by atoms with E-state index in [4.69, 9.17) is 0 Å². The maximum Gasteiger partial charge on any atom is 0.267 e. The van der Waals surface area contributed by atoms with E-state index < -0.39 is 5.41 Å². The number of benzene rings is 1. The van der Waals surface area contributed by atoms with Crippen molar-refractivity contribution in [3.8, 4) is 10.4 Å². The standard InChI is InChI=1S/C22H24N4O2S2/c1-15-19(30-25-24-15)20(27)26-11-4-10-22(14-26,21(28)23-2)13-16-6-8-17(9-7-16)18-5-3-12-29-18/h3,5-9,12H,4,10-11,13-14H2,1-2H3,(H,23,28)/t22-/m1/s1. The Kier molecular flexibility index (Phi) is 5.97. The number of likely N-dealkylation sites (tertiary alicyclic amines) is 1. The van der Waals surface area contributed by atoms with Crippen molar-refractivity contribution in [2.75, 3.05) is 20.1 Å². The third-order valence-electron chi connectivity index (χ3n) is 5.72. The Morgan fingerprint density at radius 1 is 1.23 bits per heavy atom. The van der Waals surface area contributed by atoms with Gasteiger partial charge in [-0.25, -0.2) is 0 Å². The number of hydrogen-bond acceptors (Lipinski definition) is 6. The lowest BCUT2D eigenvalue weighted by Gasteiger charge is -2.41. The number of aryl methyl sites for hydroxylation is 1. The summed E-state index contributed by atoms with van der Waals surface area (Å²) < 4.78 is 3.89. The molecule has 0 bridgehead atoms. The van der Waals surface area contributed by atoms with Crippen molar-refractivity contribution < 1.29 is 9.59 Å². The summed E-state index contributed by atoms with van der Waals surface area (Å²) >= 11 is 2.83. The van der Waals surface area contributed by atoms with Crippen LogP contribution in [0.1, 0.15) is 33.8 Å². The van der Waals surface area contributed by atoms with Crippen molar-refractivity contribution in [1.29, 1.82) is 0 Å². The fraction of sp³-hybridized carbons (Fsp3) is 0.364. The predicted molar refractivity (Wildman–Crippen MR) is 120 cm³/mol. The molecule has 1 saturated heterocycles.